The van der Waals surface area contributed by atoms with Crippen molar-refractivity contribution < 1.29 is 0 Å². The molecule has 0 saturated carbocycles. The van der Waals surface area contributed by atoms with Gasteiger partial charge in [-0.05, 0) is 37.7 Å². The molecule has 1 aliphatic heterocycles. The number of benzene rings is 1. The second kappa shape index (κ2) is 9.25. The van der Waals surface area contributed by atoms with E-state index in [4.69, 9.17) is 4.99 Å². The first-order valence-electron chi connectivity index (χ1n) is 9.38. The van der Waals surface area contributed by atoms with E-state index in [1.54, 1.807) is 0 Å². The molecular formula is C20H29N5. The van der Waals surface area contributed by atoms with E-state index in [1.807, 2.05) is 18.7 Å². The van der Waals surface area contributed by atoms with Crippen LogP contribution in [0.3, 0.4) is 0 Å². The van der Waals surface area contributed by atoms with Gasteiger partial charge in [0.1, 0.15) is 0 Å². The molecule has 1 N–H and O–H groups in total. The summed E-state index contributed by atoms with van der Waals surface area (Å²) in [6.45, 7) is 6.88. The van der Waals surface area contributed by atoms with Gasteiger partial charge in [0.25, 0.3) is 0 Å². The van der Waals surface area contributed by atoms with E-state index in [-0.39, 0.29) is 0 Å². The smallest absolute Gasteiger partial charge is 0.193 e. The molecule has 2 heterocycles. The van der Waals surface area contributed by atoms with Gasteiger partial charge in [-0.15, -0.1) is 0 Å². The van der Waals surface area contributed by atoms with Crippen LogP contribution in [0.2, 0.25) is 0 Å². The number of nitrogens with zero attached hydrogens (tertiary/aromatic N) is 4. The van der Waals surface area contributed by atoms with Crippen LogP contribution in [0, 0.1) is 5.92 Å². The number of rotatable bonds is 6. The van der Waals surface area contributed by atoms with Crippen molar-refractivity contribution >= 4 is 5.96 Å². The molecule has 0 spiro atoms. The average molecular weight is 339 g/mol. The monoisotopic (exact) mass is 339 g/mol. The zero-order valence-corrected chi connectivity index (χ0v) is 15.1. The van der Waals surface area contributed by atoms with Gasteiger partial charge in [0.2, 0.25) is 0 Å². The quantitative estimate of drug-likeness (QED) is 0.650. The van der Waals surface area contributed by atoms with Gasteiger partial charge in [0.15, 0.2) is 5.96 Å². The van der Waals surface area contributed by atoms with E-state index in [0.29, 0.717) is 0 Å². The highest BCUT2D eigenvalue weighted by Crippen LogP contribution is 2.21. The topological polar surface area (TPSA) is 45.5 Å². The standard InChI is InChI=1S/C20H29N5/c1-2-22-20(23-11-15-24-14-10-21-17-24)25-12-8-19(9-13-25)16-18-6-4-3-5-7-18/h3-7,10,14,17,19H,2,8-9,11-13,15-16H2,1H3,(H,22,23). The van der Waals surface area contributed by atoms with E-state index in [9.17, 15) is 0 Å². The maximum Gasteiger partial charge on any atom is 0.193 e. The van der Waals surface area contributed by atoms with Crippen molar-refractivity contribution in [3.05, 3.63) is 54.6 Å². The first kappa shape index (κ1) is 17.5. The Balaban J connectivity index is 1.49. The molecule has 5 heteroatoms. The number of likely N-dealkylation sites (tertiary alicyclic amines) is 1. The van der Waals surface area contributed by atoms with E-state index in [0.717, 1.165) is 44.6 Å². The highest BCUT2D eigenvalue weighted by Gasteiger charge is 2.21. The third-order valence-electron chi connectivity index (χ3n) is 4.80. The second-order valence-corrected chi connectivity index (χ2v) is 6.66. The summed E-state index contributed by atoms with van der Waals surface area (Å²) in [5.41, 5.74) is 1.46. The van der Waals surface area contributed by atoms with Crippen molar-refractivity contribution in [3.63, 3.8) is 0 Å². The van der Waals surface area contributed by atoms with Crippen LogP contribution in [0.1, 0.15) is 25.3 Å². The Morgan fingerprint density at radius 1 is 1.24 bits per heavy atom. The minimum Gasteiger partial charge on any atom is -0.357 e. The number of nitrogens with one attached hydrogen (secondary N) is 1. The Hall–Kier alpha value is -2.30. The molecule has 0 aliphatic carbocycles. The summed E-state index contributed by atoms with van der Waals surface area (Å²) in [4.78, 5) is 11.3. The fraction of sp³-hybridized carbons (Fsp3) is 0.500. The molecule has 0 amide bonds. The van der Waals surface area contributed by atoms with E-state index in [1.165, 1.54) is 24.8 Å². The zero-order chi connectivity index (χ0) is 17.3. The molecule has 1 fully saturated rings. The highest BCUT2D eigenvalue weighted by atomic mass is 15.3. The minimum absolute atomic E-state index is 0.780. The third kappa shape index (κ3) is 5.34. The SMILES string of the molecule is CCNC(=NCCn1ccnc1)N1CCC(Cc2ccccc2)CC1. The molecule has 5 nitrogen and oxygen atoms in total. The molecule has 1 saturated heterocycles. The van der Waals surface area contributed by atoms with Crippen LogP contribution in [0.4, 0.5) is 0 Å². The molecule has 3 rings (SSSR count). The molecular weight excluding hydrogens is 310 g/mol. The molecule has 2 aromatic rings. The van der Waals surface area contributed by atoms with Crippen molar-refractivity contribution in [3.8, 4) is 0 Å². The molecule has 25 heavy (non-hydrogen) atoms. The summed E-state index contributed by atoms with van der Waals surface area (Å²) in [5, 5.41) is 3.45. The molecule has 1 aromatic carbocycles. The van der Waals surface area contributed by atoms with Gasteiger partial charge in [0, 0.05) is 38.6 Å². The van der Waals surface area contributed by atoms with Crippen molar-refractivity contribution in [1.29, 1.82) is 0 Å². The van der Waals surface area contributed by atoms with Crippen molar-refractivity contribution in [2.45, 2.75) is 32.7 Å². The zero-order valence-electron chi connectivity index (χ0n) is 15.1. The van der Waals surface area contributed by atoms with Crippen molar-refractivity contribution in [2.24, 2.45) is 10.9 Å². The van der Waals surface area contributed by atoms with Crippen LogP contribution in [0.5, 0.6) is 0 Å². The van der Waals surface area contributed by atoms with Crippen LogP contribution in [-0.2, 0) is 13.0 Å². The van der Waals surface area contributed by atoms with Crippen molar-refractivity contribution in [1.82, 2.24) is 19.8 Å². The number of imidazole rings is 1. The predicted octanol–water partition coefficient (Wildman–Crippen LogP) is 2.80. The second-order valence-electron chi connectivity index (χ2n) is 6.66. The first-order valence-corrected chi connectivity index (χ1v) is 9.38. The summed E-state index contributed by atoms with van der Waals surface area (Å²) >= 11 is 0. The number of guanidine groups is 1. The third-order valence-corrected chi connectivity index (χ3v) is 4.80. The van der Waals surface area contributed by atoms with Gasteiger partial charge in [-0.25, -0.2) is 4.98 Å². The lowest BCUT2D eigenvalue weighted by Crippen LogP contribution is -2.46. The number of hydrogen-bond acceptors (Lipinski definition) is 2. The molecule has 1 aliphatic rings. The molecule has 0 atom stereocenters. The Morgan fingerprint density at radius 3 is 2.72 bits per heavy atom. The average Bonchev–Trinajstić information content (AvgIpc) is 3.16. The lowest BCUT2D eigenvalue weighted by molar-refractivity contribution is 0.259. The van der Waals surface area contributed by atoms with Crippen LogP contribution in [-0.4, -0.2) is 46.6 Å². The number of hydrogen-bond donors (Lipinski definition) is 1. The van der Waals surface area contributed by atoms with E-state index in [2.05, 4.69) is 57.0 Å². The molecule has 134 valence electrons. The Bertz CT molecular complexity index is 627. The van der Waals surface area contributed by atoms with Gasteiger partial charge < -0.3 is 14.8 Å². The largest absolute Gasteiger partial charge is 0.357 e. The summed E-state index contributed by atoms with van der Waals surface area (Å²) in [5.74, 6) is 1.84. The van der Waals surface area contributed by atoms with E-state index >= 15 is 0 Å². The van der Waals surface area contributed by atoms with Crippen LogP contribution < -0.4 is 5.32 Å². The summed E-state index contributed by atoms with van der Waals surface area (Å²) < 4.78 is 2.07. The first-order chi connectivity index (χ1) is 12.3. The number of aromatic nitrogens is 2. The van der Waals surface area contributed by atoms with Crippen LogP contribution in [0.15, 0.2) is 54.0 Å². The minimum atomic E-state index is 0.780. The molecule has 1 aromatic heterocycles. The van der Waals surface area contributed by atoms with Gasteiger partial charge in [0.05, 0.1) is 12.9 Å². The predicted molar refractivity (Wildman–Crippen MR) is 103 cm³/mol. The maximum absolute atomic E-state index is 4.80. The molecule has 0 bridgehead atoms. The normalized spacial score (nSPS) is 16.2. The van der Waals surface area contributed by atoms with Gasteiger partial charge >= 0.3 is 0 Å². The fourth-order valence-electron chi connectivity index (χ4n) is 3.41. The summed E-state index contributed by atoms with van der Waals surface area (Å²) in [7, 11) is 0. The number of piperidine rings is 1. The van der Waals surface area contributed by atoms with Gasteiger partial charge in [-0.3, -0.25) is 4.99 Å². The Morgan fingerprint density at radius 2 is 2.04 bits per heavy atom. The lowest BCUT2D eigenvalue weighted by atomic mass is 9.90. The molecule has 0 radical (unpaired) electrons. The van der Waals surface area contributed by atoms with Crippen LogP contribution >= 0.6 is 0 Å². The Kier molecular flexibility index (Phi) is 6.48. The van der Waals surface area contributed by atoms with E-state index < -0.39 is 0 Å². The number of aliphatic imine (C=N–C) groups is 1. The fourth-order valence-corrected chi connectivity index (χ4v) is 3.41. The maximum atomic E-state index is 4.80. The summed E-state index contributed by atoms with van der Waals surface area (Å²) in [6.07, 6.45) is 9.31. The molecule has 0 unspecified atom stereocenters. The van der Waals surface area contributed by atoms with Gasteiger partial charge in [-0.1, -0.05) is 30.3 Å². The van der Waals surface area contributed by atoms with Crippen LogP contribution in [0.25, 0.3) is 0 Å². The highest BCUT2D eigenvalue weighted by molar-refractivity contribution is 5.80. The lowest BCUT2D eigenvalue weighted by Gasteiger charge is -2.34. The van der Waals surface area contributed by atoms with Crippen molar-refractivity contribution in [2.75, 3.05) is 26.2 Å². The Labute approximate surface area is 150 Å². The summed E-state index contributed by atoms with van der Waals surface area (Å²) in [6, 6.07) is 10.9. The van der Waals surface area contributed by atoms with Gasteiger partial charge in [-0.2, -0.15) is 0 Å².